The minimum atomic E-state index is -0.686. The van der Waals surface area contributed by atoms with Crippen LogP contribution in [0.15, 0.2) is 36.4 Å². The molecule has 2 fully saturated rings. The summed E-state index contributed by atoms with van der Waals surface area (Å²) in [5.74, 6) is 0.692. The Labute approximate surface area is 148 Å². The first-order valence-corrected chi connectivity index (χ1v) is 9.21. The fraction of sp³-hybridized carbons (Fsp3) is 0.476. The third-order valence-corrected chi connectivity index (χ3v) is 6.01. The average Bonchev–Trinajstić information content (AvgIpc) is 3.00. The van der Waals surface area contributed by atoms with E-state index in [4.69, 9.17) is 4.74 Å². The summed E-state index contributed by atoms with van der Waals surface area (Å²) in [5, 5.41) is 12.1. The molecular weight excluding hydrogens is 314 g/mol. The second kappa shape index (κ2) is 6.68. The predicted octanol–water partition coefficient (Wildman–Crippen LogP) is 4.07. The standard InChI is InChI=1S/C21H25NO3/c1-25-20-12-15-7-3-2-6-14(15)10-17(20)13-22-18-9-5-4-8-16(18)11-19(22)21(23)24/h2-3,6-7,10,12,16,18-19H,4-5,8-9,11,13H2,1H3,(H,23,24). The summed E-state index contributed by atoms with van der Waals surface area (Å²) in [6.07, 6.45) is 5.51. The van der Waals surface area contributed by atoms with Crippen LogP contribution in [-0.4, -0.2) is 35.2 Å². The van der Waals surface area contributed by atoms with E-state index in [1.807, 2.05) is 12.1 Å². The van der Waals surface area contributed by atoms with Gasteiger partial charge in [0.1, 0.15) is 11.8 Å². The molecule has 3 unspecified atom stereocenters. The Balaban J connectivity index is 1.69. The first-order valence-electron chi connectivity index (χ1n) is 9.21. The number of hydrogen-bond donors (Lipinski definition) is 1. The highest BCUT2D eigenvalue weighted by Crippen LogP contribution is 2.41. The fourth-order valence-corrected chi connectivity index (χ4v) is 4.80. The average molecular weight is 339 g/mol. The number of methoxy groups -OCH3 is 1. The number of nitrogens with zero attached hydrogens (tertiary/aromatic N) is 1. The van der Waals surface area contributed by atoms with Crippen molar-refractivity contribution < 1.29 is 14.6 Å². The molecule has 1 saturated carbocycles. The van der Waals surface area contributed by atoms with Crippen molar-refractivity contribution in [2.24, 2.45) is 5.92 Å². The number of benzene rings is 2. The minimum absolute atomic E-state index is 0.371. The van der Waals surface area contributed by atoms with Gasteiger partial charge in [-0.2, -0.15) is 0 Å². The largest absolute Gasteiger partial charge is 0.496 e. The fourth-order valence-electron chi connectivity index (χ4n) is 4.80. The van der Waals surface area contributed by atoms with Crippen molar-refractivity contribution in [3.63, 3.8) is 0 Å². The molecule has 0 bridgehead atoms. The van der Waals surface area contributed by atoms with Gasteiger partial charge in [0.2, 0.25) is 0 Å². The molecule has 1 heterocycles. The highest BCUT2D eigenvalue weighted by atomic mass is 16.5. The molecule has 0 amide bonds. The van der Waals surface area contributed by atoms with Crippen molar-refractivity contribution in [1.82, 2.24) is 4.90 Å². The molecule has 3 atom stereocenters. The number of rotatable bonds is 4. The Morgan fingerprint density at radius 2 is 1.92 bits per heavy atom. The van der Waals surface area contributed by atoms with Gasteiger partial charge >= 0.3 is 5.97 Å². The molecule has 25 heavy (non-hydrogen) atoms. The highest BCUT2D eigenvalue weighted by Gasteiger charge is 2.45. The molecule has 2 aliphatic rings. The monoisotopic (exact) mass is 339 g/mol. The molecule has 2 aromatic carbocycles. The maximum Gasteiger partial charge on any atom is 0.320 e. The summed E-state index contributed by atoms with van der Waals surface area (Å²) >= 11 is 0. The molecule has 1 aliphatic heterocycles. The normalized spacial score (nSPS) is 26.5. The number of likely N-dealkylation sites (tertiary alicyclic amines) is 1. The lowest BCUT2D eigenvalue weighted by atomic mass is 9.84. The zero-order chi connectivity index (χ0) is 17.4. The summed E-state index contributed by atoms with van der Waals surface area (Å²) in [5.41, 5.74) is 1.08. The molecule has 4 nitrogen and oxygen atoms in total. The third-order valence-electron chi connectivity index (χ3n) is 6.01. The summed E-state index contributed by atoms with van der Waals surface area (Å²) in [6, 6.07) is 12.5. The van der Waals surface area contributed by atoms with Crippen molar-refractivity contribution >= 4 is 16.7 Å². The molecular formula is C21H25NO3. The van der Waals surface area contributed by atoms with Crippen LogP contribution in [0.1, 0.15) is 37.7 Å². The van der Waals surface area contributed by atoms with E-state index in [1.165, 1.54) is 24.6 Å². The van der Waals surface area contributed by atoms with E-state index < -0.39 is 5.97 Å². The summed E-state index contributed by atoms with van der Waals surface area (Å²) in [7, 11) is 1.69. The Kier molecular flexibility index (Phi) is 4.38. The lowest BCUT2D eigenvalue weighted by Gasteiger charge is -2.33. The number of aliphatic carboxylic acids is 1. The molecule has 0 radical (unpaired) electrons. The second-order valence-corrected chi connectivity index (χ2v) is 7.39. The van der Waals surface area contributed by atoms with Crippen LogP contribution in [0, 0.1) is 5.92 Å². The van der Waals surface area contributed by atoms with E-state index >= 15 is 0 Å². The van der Waals surface area contributed by atoms with Crippen LogP contribution < -0.4 is 4.74 Å². The van der Waals surface area contributed by atoms with Crippen molar-refractivity contribution in [2.75, 3.05) is 7.11 Å². The predicted molar refractivity (Wildman–Crippen MR) is 97.8 cm³/mol. The number of ether oxygens (including phenoxy) is 1. The molecule has 0 spiro atoms. The Morgan fingerprint density at radius 1 is 1.20 bits per heavy atom. The summed E-state index contributed by atoms with van der Waals surface area (Å²) in [4.78, 5) is 14.1. The van der Waals surface area contributed by atoms with Crippen LogP contribution in [0.5, 0.6) is 5.75 Å². The van der Waals surface area contributed by atoms with Gasteiger partial charge in [-0.05, 0) is 48.1 Å². The van der Waals surface area contributed by atoms with Crippen LogP contribution in [0.4, 0.5) is 0 Å². The highest BCUT2D eigenvalue weighted by molar-refractivity contribution is 5.85. The van der Waals surface area contributed by atoms with Gasteiger partial charge < -0.3 is 9.84 Å². The van der Waals surface area contributed by atoms with Crippen LogP contribution in [0.3, 0.4) is 0 Å². The third kappa shape index (κ3) is 2.99. The van der Waals surface area contributed by atoms with Crippen LogP contribution >= 0.6 is 0 Å². The molecule has 0 aromatic heterocycles. The Morgan fingerprint density at radius 3 is 2.64 bits per heavy atom. The maximum atomic E-state index is 11.8. The quantitative estimate of drug-likeness (QED) is 0.912. The number of fused-ring (bicyclic) bond motifs is 2. The zero-order valence-corrected chi connectivity index (χ0v) is 14.6. The molecule has 1 saturated heterocycles. The van der Waals surface area contributed by atoms with Gasteiger partial charge in [-0.1, -0.05) is 37.1 Å². The first-order chi connectivity index (χ1) is 12.2. The van der Waals surface area contributed by atoms with E-state index in [9.17, 15) is 9.90 Å². The molecule has 4 rings (SSSR count). The SMILES string of the molecule is COc1cc2ccccc2cc1CN1C(C(=O)O)CC2CCCCC21. The lowest BCUT2D eigenvalue weighted by Crippen LogP contribution is -2.41. The second-order valence-electron chi connectivity index (χ2n) is 7.39. The topological polar surface area (TPSA) is 49.8 Å². The van der Waals surface area contributed by atoms with Crippen molar-refractivity contribution in [3.05, 3.63) is 42.0 Å². The number of hydrogen-bond acceptors (Lipinski definition) is 3. The van der Waals surface area contributed by atoms with E-state index in [-0.39, 0.29) is 6.04 Å². The van der Waals surface area contributed by atoms with Crippen molar-refractivity contribution in [3.8, 4) is 5.75 Å². The van der Waals surface area contributed by atoms with Gasteiger partial charge in [-0.3, -0.25) is 9.69 Å². The lowest BCUT2D eigenvalue weighted by molar-refractivity contribution is -0.142. The number of carboxylic acids is 1. The van der Waals surface area contributed by atoms with Crippen LogP contribution in [0.25, 0.3) is 10.8 Å². The number of carbonyl (C=O) groups is 1. The van der Waals surface area contributed by atoms with Gasteiger partial charge in [0, 0.05) is 18.2 Å². The zero-order valence-electron chi connectivity index (χ0n) is 14.6. The number of carboxylic acid groups (broad SMARTS) is 1. The first kappa shape index (κ1) is 16.4. The van der Waals surface area contributed by atoms with E-state index in [2.05, 4.69) is 29.2 Å². The van der Waals surface area contributed by atoms with Crippen molar-refractivity contribution in [1.29, 1.82) is 0 Å². The van der Waals surface area contributed by atoms with E-state index in [0.29, 0.717) is 18.5 Å². The Bertz CT molecular complexity index is 788. The molecule has 4 heteroatoms. The minimum Gasteiger partial charge on any atom is -0.496 e. The maximum absolute atomic E-state index is 11.8. The van der Waals surface area contributed by atoms with Gasteiger partial charge in [0.05, 0.1) is 7.11 Å². The Hall–Kier alpha value is -2.07. The van der Waals surface area contributed by atoms with Gasteiger partial charge in [-0.25, -0.2) is 0 Å². The van der Waals surface area contributed by atoms with E-state index in [0.717, 1.165) is 29.5 Å². The molecule has 132 valence electrons. The van der Waals surface area contributed by atoms with Crippen LogP contribution in [0.2, 0.25) is 0 Å². The van der Waals surface area contributed by atoms with Gasteiger partial charge in [-0.15, -0.1) is 0 Å². The summed E-state index contributed by atoms with van der Waals surface area (Å²) < 4.78 is 5.62. The smallest absolute Gasteiger partial charge is 0.320 e. The van der Waals surface area contributed by atoms with E-state index in [1.54, 1.807) is 7.11 Å². The van der Waals surface area contributed by atoms with Crippen molar-refractivity contribution in [2.45, 2.75) is 50.7 Å². The van der Waals surface area contributed by atoms with Gasteiger partial charge in [0.25, 0.3) is 0 Å². The van der Waals surface area contributed by atoms with Gasteiger partial charge in [0.15, 0.2) is 0 Å². The summed E-state index contributed by atoms with van der Waals surface area (Å²) in [6.45, 7) is 0.645. The van der Waals surface area contributed by atoms with Crippen LogP contribution in [-0.2, 0) is 11.3 Å². The molecule has 1 aliphatic carbocycles. The molecule has 1 N–H and O–H groups in total. The molecule has 2 aromatic rings.